The second-order valence-electron chi connectivity index (χ2n) is 4.12. The lowest BCUT2D eigenvalue weighted by atomic mass is 10.1. The molecule has 108 valence electrons. The van der Waals surface area contributed by atoms with Crippen LogP contribution in [0.15, 0.2) is 42.5 Å². The van der Waals surface area contributed by atoms with Crippen molar-refractivity contribution < 1.29 is 14.3 Å². The summed E-state index contributed by atoms with van der Waals surface area (Å²) in [6.07, 6.45) is 0. The lowest BCUT2D eigenvalue weighted by Crippen LogP contribution is -2.17. The van der Waals surface area contributed by atoms with Gasteiger partial charge in [0.05, 0.1) is 28.9 Å². The van der Waals surface area contributed by atoms with Gasteiger partial charge in [0, 0.05) is 5.02 Å². The minimum atomic E-state index is -0.581. The van der Waals surface area contributed by atoms with Crippen molar-refractivity contribution in [2.24, 2.45) is 0 Å². The highest BCUT2D eigenvalue weighted by Gasteiger charge is 2.17. The molecule has 0 unspecified atom stereocenters. The highest BCUT2D eigenvalue weighted by Crippen LogP contribution is 2.26. The van der Waals surface area contributed by atoms with Crippen molar-refractivity contribution >= 4 is 40.8 Å². The Morgan fingerprint density at radius 3 is 2.33 bits per heavy atom. The number of anilines is 1. The predicted molar refractivity (Wildman–Crippen MR) is 82.2 cm³/mol. The van der Waals surface area contributed by atoms with Crippen molar-refractivity contribution in [1.82, 2.24) is 0 Å². The molecule has 2 rings (SSSR count). The molecule has 0 aliphatic heterocycles. The summed E-state index contributed by atoms with van der Waals surface area (Å²) in [5, 5.41) is 3.41. The maximum Gasteiger partial charge on any atom is 0.338 e. The van der Waals surface area contributed by atoms with Crippen LogP contribution < -0.4 is 5.32 Å². The minimum Gasteiger partial charge on any atom is -0.465 e. The standard InChI is InChI=1S/C15H11Cl2NO3/c1-21-15(20)11-5-3-2-4-10(11)14(19)18-13-7-6-9(16)8-12(13)17/h2-8H,1H3,(H,18,19). The number of rotatable bonds is 3. The molecule has 0 bridgehead atoms. The number of carbonyl (C=O) groups excluding carboxylic acids is 2. The number of ether oxygens (including phenoxy) is 1. The van der Waals surface area contributed by atoms with Gasteiger partial charge >= 0.3 is 5.97 Å². The Bertz CT molecular complexity index is 701. The Balaban J connectivity index is 2.31. The molecule has 0 saturated carbocycles. The third-order valence-corrected chi connectivity index (χ3v) is 3.30. The summed E-state index contributed by atoms with van der Waals surface area (Å²) in [4.78, 5) is 23.9. The predicted octanol–water partition coefficient (Wildman–Crippen LogP) is 4.03. The molecule has 0 aliphatic rings. The number of amides is 1. The van der Waals surface area contributed by atoms with Crippen LogP contribution in [0.1, 0.15) is 20.7 Å². The first-order chi connectivity index (χ1) is 10.0. The summed E-state index contributed by atoms with van der Waals surface area (Å²) in [6.45, 7) is 0. The van der Waals surface area contributed by atoms with Gasteiger partial charge in [0.2, 0.25) is 0 Å². The minimum absolute atomic E-state index is 0.183. The van der Waals surface area contributed by atoms with Gasteiger partial charge in [-0.15, -0.1) is 0 Å². The zero-order valence-corrected chi connectivity index (χ0v) is 12.5. The molecular weight excluding hydrogens is 313 g/mol. The molecule has 0 fully saturated rings. The van der Waals surface area contributed by atoms with E-state index in [9.17, 15) is 9.59 Å². The van der Waals surface area contributed by atoms with E-state index in [1.54, 1.807) is 24.3 Å². The average molecular weight is 324 g/mol. The van der Waals surface area contributed by atoms with Gasteiger partial charge in [0.1, 0.15) is 0 Å². The van der Waals surface area contributed by atoms with Crippen molar-refractivity contribution in [3.05, 3.63) is 63.6 Å². The van der Waals surface area contributed by atoms with Gasteiger partial charge in [-0.1, -0.05) is 35.3 Å². The first-order valence-electron chi connectivity index (χ1n) is 5.96. The highest BCUT2D eigenvalue weighted by atomic mass is 35.5. The summed E-state index contributed by atoms with van der Waals surface area (Å²) in [7, 11) is 1.26. The fraction of sp³-hybridized carbons (Fsp3) is 0.0667. The molecule has 1 amide bonds. The topological polar surface area (TPSA) is 55.4 Å². The molecule has 0 atom stereocenters. The lowest BCUT2D eigenvalue weighted by molar-refractivity contribution is 0.0597. The summed E-state index contributed by atoms with van der Waals surface area (Å²) in [5.74, 6) is -1.04. The first kappa shape index (κ1) is 15.4. The van der Waals surface area contributed by atoms with Gasteiger partial charge in [-0.25, -0.2) is 4.79 Å². The summed E-state index contributed by atoms with van der Waals surface area (Å²) < 4.78 is 4.65. The van der Waals surface area contributed by atoms with Crippen molar-refractivity contribution in [1.29, 1.82) is 0 Å². The van der Waals surface area contributed by atoms with Crippen LogP contribution in [0.3, 0.4) is 0 Å². The summed E-state index contributed by atoms with van der Waals surface area (Å²) >= 11 is 11.8. The number of hydrogen-bond acceptors (Lipinski definition) is 3. The molecule has 0 aliphatic carbocycles. The van der Waals surface area contributed by atoms with Gasteiger partial charge in [-0.05, 0) is 30.3 Å². The summed E-state index contributed by atoms with van der Waals surface area (Å²) in [5.41, 5.74) is 0.795. The second-order valence-corrected chi connectivity index (χ2v) is 4.96. The molecule has 0 saturated heterocycles. The van der Waals surface area contributed by atoms with Gasteiger partial charge in [0.15, 0.2) is 0 Å². The molecule has 6 heteroatoms. The zero-order valence-electron chi connectivity index (χ0n) is 11.0. The van der Waals surface area contributed by atoms with E-state index >= 15 is 0 Å². The first-order valence-corrected chi connectivity index (χ1v) is 6.72. The maximum atomic E-state index is 12.3. The van der Waals surface area contributed by atoms with Crippen LogP contribution in [0.2, 0.25) is 10.0 Å². The van der Waals surface area contributed by atoms with Gasteiger partial charge < -0.3 is 10.1 Å². The smallest absolute Gasteiger partial charge is 0.338 e. The molecule has 0 heterocycles. The van der Waals surface area contributed by atoms with Gasteiger partial charge in [-0.3, -0.25) is 4.79 Å². The average Bonchev–Trinajstić information content (AvgIpc) is 2.49. The van der Waals surface area contributed by atoms with Crippen molar-refractivity contribution in [3.8, 4) is 0 Å². The Morgan fingerprint density at radius 2 is 1.71 bits per heavy atom. The van der Waals surface area contributed by atoms with Crippen molar-refractivity contribution in [2.45, 2.75) is 0 Å². The fourth-order valence-corrected chi connectivity index (χ4v) is 2.21. The fourth-order valence-electron chi connectivity index (χ4n) is 1.75. The van der Waals surface area contributed by atoms with E-state index in [0.717, 1.165) is 0 Å². The number of nitrogens with one attached hydrogen (secondary N) is 1. The number of esters is 1. The Kier molecular flexibility index (Phi) is 4.83. The normalized spacial score (nSPS) is 10.0. The van der Waals surface area contributed by atoms with E-state index in [2.05, 4.69) is 10.1 Å². The second kappa shape index (κ2) is 6.61. The number of halogens is 2. The molecule has 21 heavy (non-hydrogen) atoms. The molecular formula is C15H11Cl2NO3. The molecule has 1 N–H and O–H groups in total. The van der Waals surface area contributed by atoms with Gasteiger partial charge in [0.25, 0.3) is 5.91 Å². The number of methoxy groups -OCH3 is 1. The van der Waals surface area contributed by atoms with Crippen LogP contribution in [0, 0.1) is 0 Å². The van der Waals surface area contributed by atoms with E-state index < -0.39 is 11.9 Å². The van der Waals surface area contributed by atoms with Crippen molar-refractivity contribution in [2.75, 3.05) is 12.4 Å². The number of carbonyl (C=O) groups is 2. The van der Waals surface area contributed by atoms with Crippen LogP contribution in [0.5, 0.6) is 0 Å². The number of hydrogen-bond donors (Lipinski definition) is 1. The largest absolute Gasteiger partial charge is 0.465 e. The maximum absolute atomic E-state index is 12.3. The van der Waals surface area contributed by atoms with E-state index in [1.165, 1.54) is 25.3 Å². The van der Waals surface area contributed by atoms with E-state index in [1.807, 2.05) is 0 Å². The summed E-state index contributed by atoms with van der Waals surface area (Å²) in [6, 6.07) is 11.1. The molecule has 0 aromatic heterocycles. The molecule has 2 aromatic carbocycles. The lowest BCUT2D eigenvalue weighted by Gasteiger charge is -2.10. The third kappa shape index (κ3) is 3.54. The molecule has 4 nitrogen and oxygen atoms in total. The zero-order chi connectivity index (χ0) is 15.4. The van der Waals surface area contributed by atoms with Crippen molar-refractivity contribution in [3.63, 3.8) is 0 Å². The van der Waals surface area contributed by atoms with Crippen LogP contribution >= 0.6 is 23.2 Å². The molecule has 0 spiro atoms. The Morgan fingerprint density at radius 1 is 1.05 bits per heavy atom. The third-order valence-electron chi connectivity index (χ3n) is 2.76. The monoisotopic (exact) mass is 323 g/mol. The molecule has 0 radical (unpaired) electrons. The van der Waals surface area contributed by atoms with Crippen LogP contribution in [0.25, 0.3) is 0 Å². The van der Waals surface area contributed by atoms with Crippen LogP contribution in [-0.4, -0.2) is 19.0 Å². The van der Waals surface area contributed by atoms with E-state index in [4.69, 9.17) is 23.2 Å². The SMILES string of the molecule is COC(=O)c1ccccc1C(=O)Nc1ccc(Cl)cc1Cl. The molecule has 2 aromatic rings. The van der Waals surface area contributed by atoms with Crippen LogP contribution in [-0.2, 0) is 4.74 Å². The number of benzene rings is 2. The Hall–Kier alpha value is -2.04. The Labute approximate surface area is 131 Å². The quantitative estimate of drug-likeness (QED) is 0.867. The van der Waals surface area contributed by atoms with E-state index in [0.29, 0.717) is 15.7 Å². The highest BCUT2D eigenvalue weighted by molar-refractivity contribution is 6.36. The van der Waals surface area contributed by atoms with E-state index in [-0.39, 0.29) is 11.1 Å². The van der Waals surface area contributed by atoms with Gasteiger partial charge in [-0.2, -0.15) is 0 Å². The van der Waals surface area contributed by atoms with Crippen LogP contribution in [0.4, 0.5) is 5.69 Å².